The monoisotopic (exact) mass is 276 g/mol. The highest BCUT2D eigenvalue weighted by atomic mass is 16.7. The van der Waals surface area contributed by atoms with Crippen molar-refractivity contribution in [2.75, 3.05) is 13.2 Å². The van der Waals surface area contributed by atoms with Gasteiger partial charge in [-0.25, -0.2) is 4.99 Å². The van der Waals surface area contributed by atoms with Gasteiger partial charge in [0.15, 0.2) is 5.41 Å². The van der Waals surface area contributed by atoms with E-state index in [0.717, 1.165) is 12.8 Å². The summed E-state index contributed by atoms with van der Waals surface area (Å²) in [6.45, 7) is 6.30. The van der Waals surface area contributed by atoms with E-state index >= 15 is 0 Å². The number of fused-ring (bicyclic) bond motifs is 1. The van der Waals surface area contributed by atoms with Gasteiger partial charge in [0.1, 0.15) is 11.3 Å². The smallest absolute Gasteiger partial charge is 0.293 e. The summed E-state index contributed by atoms with van der Waals surface area (Å²) in [5, 5.41) is 19.4. The van der Waals surface area contributed by atoms with E-state index < -0.39 is 16.7 Å². The van der Waals surface area contributed by atoms with Gasteiger partial charge in [-0.15, -0.1) is 0 Å². The maximum Gasteiger partial charge on any atom is 0.293 e. The third-order valence-electron chi connectivity index (χ3n) is 4.36. The topological polar surface area (TPSA) is 104 Å². The zero-order valence-corrected chi connectivity index (χ0v) is 12.1. The Kier molecular flexibility index (Phi) is 3.49. The van der Waals surface area contributed by atoms with Gasteiger partial charge < -0.3 is 15.2 Å². The number of hydrogen-bond donors (Lipinski definition) is 1. The van der Waals surface area contributed by atoms with Gasteiger partial charge in [-0.1, -0.05) is 13.3 Å². The van der Waals surface area contributed by atoms with E-state index in [9.17, 15) is 10.5 Å². The molecule has 2 aliphatic rings. The molecule has 2 rings (SSSR count). The van der Waals surface area contributed by atoms with Crippen molar-refractivity contribution in [1.82, 2.24) is 0 Å². The summed E-state index contributed by atoms with van der Waals surface area (Å²) in [6.07, 6.45) is 1.58. The number of ether oxygens (including phenoxy) is 2. The third-order valence-corrected chi connectivity index (χ3v) is 4.36. The van der Waals surface area contributed by atoms with Gasteiger partial charge in [-0.3, -0.25) is 0 Å². The van der Waals surface area contributed by atoms with Gasteiger partial charge in [0.05, 0.1) is 12.1 Å². The molecule has 0 amide bonds. The summed E-state index contributed by atoms with van der Waals surface area (Å²) < 4.78 is 11.4. The summed E-state index contributed by atoms with van der Waals surface area (Å²) in [6, 6.07) is 4.49. The number of hydrogen-bond acceptors (Lipinski definition) is 6. The summed E-state index contributed by atoms with van der Waals surface area (Å²) >= 11 is 0. The molecule has 1 aliphatic carbocycles. The van der Waals surface area contributed by atoms with Crippen molar-refractivity contribution in [3.8, 4) is 12.1 Å². The molecule has 0 unspecified atom stereocenters. The van der Waals surface area contributed by atoms with Gasteiger partial charge in [-0.05, 0) is 20.3 Å². The minimum absolute atomic E-state index is 0.168. The number of nitrogens with zero attached hydrogens (tertiary/aromatic N) is 3. The van der Waals surface area contributed by atoms with Crippen LogP contribution < -0.4 is 5.73 Å². The largest absolute Gasteiger partial charge is 0.386 e. The SMILES string of the molecule is CCC[C@H]1[C@]2(C#N)C(N)=NC(OCC)(OCC)[C@]12C#N. The molecule has 108 valence electrons. The predicted molar refractivity (Wildman–Crippen MR) is 72.1 cm³/mol. The Bertz CT molecular complexity index is 512. The summed E-state index contributed by atoms with van der Waals surface area (Å²) in [5.74, 6) is -1.46. The van der Waals surface area contributed by atoms with Crippen LogP contribution in [0.1, 0.15) is 33.6 Å². The molecule has 20 heavy (non-hydrogen) atoms. The van der Waals surface area contributed by atoms with E-state index in [4.69, 9.17) is 15.2 Å². The highest BCUT2D eigenvalue weighted by Crippen LogP contribution is 2.79. The highest BCUT2D eigenvalue weighted by Gasteiger charge is 2.92. The number of nitriles is 2. The minimum atomic E-state index is -1.44. The minimum Gasteiger partial charge on any atom is -0.386 e. The molecule has 0 saturated heterocycles. The fraction of sp³-hybridized carbons (Fsp3) is 0.786. The first-order valence-corrected chi connectivity index (χ1v) is 7.03. The van der Waals surface area contributed by atoms with E-state index in [1.807, 2.05) is 6.92 Å². The van der Waals surface area contributed by atoms with Crippen LogP contribution in [0.3, 0.4) is 0 Å². The fourth-order valence-electron chi connectivity index (χ4n) is 3.64. The van der Waals surface area contributed by atoms with Gasteiger partial charge in [0.25, 0.3) is 5.91 Å². The van der Waals surface area contributed by atoms with Gasteiger partial charge in [0, 0.05) is 19.1 Å². The second-order valence-corrected chi connectivity index (χ2v) is 5.13. The molecule has 3 atom stereocenters. The Morgan fingerprint density at radius 2 is 1.80 bits per heavy atom. The number of nitrogens with two attached hydrogens (primary N) is 1. The van der Waals surface area contributed by atoms with Crippen LogP contribution in [0.15, 0.2) is 4.99 Å². The molecular weight excluding hydrogens is 256 g/mol. The molecule has 0 aromatic rings. The molecule has 6 nitrogen and oxygen atoms in total. The summed E-state index contributed by atoms with van der Waals surface area (Å²) in [5.41, 5.74) is 3.81. The number of amidine groups is 1. The van der Waals surface area contributed by atoms with E-state index in [2.05, 4.69) is 17.1 Å². The van der Waals surface area contributed by atoms with Crippen molar-refractivity contribution in [1.29, 1.82) is 10.5 Å². The first-order chi connectivity index (χ1) is 9.56. The van der Waals surface area contributed by atoms with Crippen LogP contribution in [-0.2, 0) is 9.47 Å². The summed E-state index contributed by atoms with van der Waals surface area (Å²) in [7, 11) is 0. The first-order valence-electron chi connectivity index (χ1n) is 7.03. The molecule has 1 aliphatic heterocycles. The average molecular weight is 276 g/mol. The maximum absolute atomic E-state index is 9.78. The lowest BCUT2D eigenvalue weighted by molar-refractivity contribution is -0.257. The molecule has 2 N–H and O–H groups in total. The standard InChI is InChI=1S/C14H20N4O2/c1-4-7-10-12(8-15)11(17)18-14(19-5-2,20-6-3)13(10,12)9-16/h10H,4-7H2,1-3H3,(H2,17,18)/t10-,12+,13+/m0/s1. The van der Waals surface area contributed by atoms with E-state index in [1.165, 1.54) is 0 Å². The van der Waals surface area contributed by atoms with Crippen molar-refractivity contribution in [3.63, 3.8) is 0 Å². The Morgan fingerprint density at radius 1 is 1.20 bits per heavy atom. The normalized spacial score (nSPS) is 36.6. The average Bonchev–Trinajstić information content (AvgIpc) is 2.96. The van der Waals surface area contributed by atoms with Crippen LogP contribution in [0.2, 0.25) is 0 Å². The van der Waals surface area contributed by atoms with Crippen molar-refractivity contribution in [2.45, 2.75) is 39.5 Å². The molecule has 0 aromatic heterocycles. The molecular formula is C14H20N4O2. The lowest BCUT2D eigenvalue weighted by Crippen LogP contribution is -2.43. The van der Waals surface area contributed by atoms with Crippen LogP contribution in [-0.4, -0.2) is 25.0 Å². The van der Waals surface area contributed by atoms with Gasteiger partial charge >= 0.3 is 0 Å². The summed E-state index contributed by atoms with van der Waals surface area (Å²) in [4.78, 5) is 4.25. The maximum atomic E-state index is 9.78. The molecule has 6 heteroatoms. The molecule has 0 radical (unpaired) electrons. The third kappa shape index (κ3) is 1.31. The Hall–Kier alpha value is -1.63. The lowest BCUT2D eigenvalue weighted by atomic mass is 9.93. The van der Waals surface area contributed by atoms with Crippen LogP contribution in [0.5, 0.6) is 0 Å². The Balaban J connectivity index is 2.57. The van der Waals surface area contributed by atoms with Gasteiger partial charge in [-0.2, -0.15) is 10.5 Å². The number of rotatable bonds is 6. The van der Waals surface area contributed by atoms with Crippen LogP contribution >= 0.6 is 0 Å². The van der Waals surface area contributed by atoms with Crippen LogP contribution in [0.25, 0.3) is 0 Å². The molecule has 1 fully saturated rings. The predicted octanol–water partition coefficient (Wildman–Crippen LogP) is 1.53. The second-order valence-electron chi connectivity index (χ2n) is 5.13. The second kappa shape index (κ2) is 4.73. The van der Waals surface area contributed by atoms with Crippen molar-refractivity contribution >= 4 is 5.84 Å². The number of aliphatic imine (C=N–C) groups is 1. The first kappa shape index (κ1) is 14.8. The van der Waals surface area contributed by atoms with Crippen LogP contribution in [0, 0.1) is 39.4 Å². The fourth-order valence-corrected chi connectivity index (χ4v) is 3.64. The van der Waals surface area contributed by atoms with Crippen LogP contribution in [0.4, 0.5) is 0 Å². The van der Waals surface area contributed by atoms with Gasteiger partial charge in [0.2, 0.25) is 0 Å². The van der Waals surface area contributed by atoms with E-state index in [-0.39, 0.29) is 11.8 Å². The van der Waals surface area contributed by atoms with E-state index in [1.54, 1.807) is 13.8 Å². The Morgan fingerprint density at radius 3 is 2.20 bits per heavy atom. The molecule has 1 heterocycles. The van der Waals surface area contributed by atoms with Crippen molar-refractivity contribution in [3.05, 3.63) is 0 Å². The van der Waals surface area contributed by atoms with Crippen molar-refractivity contribution in [2.24, 2.45) is 27.5 Å². The molecule has 0 spiro atoms. The molecule has 1 saturated carbocycles. The molecule has 0 aromatic carbocycles. The zero-order valence-electron chi connectivity index (χ0n) is 12.1. The zero-order chi connectivity index (χ0) is 15.0. The Labute approximate surface area is 119 Å². The van der Waals surface area contributed by atoms with E-state index in [0.29, 0.717) is 13.2 Å². The lowest BCUT2D eigenvalue weighted by Gasteiger charge is -2.31. The van der Waals surface area contributed by atoms with Crippen molar-refractivity contribution < 1.29 is 9.47 Å². The molecule has 0 bridgehead atoms. The highest BCUT2D eigenvalue weighted by molar-refractivity contribution is 5.98. The quantitative estimate of drug-likeness (QED) is 0.741.